The van der Waals surface area contributed by atoms with E-state index >= 15 is 0 Å². The molecule has 10 nitrogen and oxygen atoms in total. The molecule has 0 aromatic heterocycles. The van der Waals surface area contributed by atoms with Gasteiger partial charge in [-0.3, -0.25) is 14.4 Å². The number of hydrogen-bond acceptors (Lipinski definition) is 6. The molecule has 0 saturated carbocycles. The average molecular weight is 479 g/mol. The van der Waals surface area contributed by atoms with Crippen LogP contribution in [0.4, 0.5) is 4.79 Å². The number of ether oxygens (including phenoxy) is 1. The first-order valence-electron chi connectivity index (χ1n) is 11.3. The Morgan fingerprint density at radius 1 is 1.09 bits per heavy atom. The topological polar surface area (TPSA) is 151 Å². The summed E-state index contributed by atoms with van der Waals surface area (Å²) < 4.78 is 5.28. The van der Waals surface area contributed by atoms with E-state index in [0.29, 0.717) is 5.56 Å². The van der Waals surface area contributed by atoms with E-state index in [1.54, 1.807) is 60.6 Å². The van der Waals surface area contributed by atoms with Gasteiger partial charge in [-0.25, -0.2) is 4.79 Å². The second-order valence-electron chi connectivity index (χ2n) is 9.70. The largest absolute Gasteiger partial charge is 0.508 e. The molecule has 2 unspecified atom stereocenters. The van der Waals surface area contributed by atoms with Crippen LogP contribution in [0.2, 0.25) is 0 Å². The number of hydrogen-bond donors (Lipinski definition) is 4. The molecule has 34 heavy (non-hydrogen) atoms. The fraction of sp³-hybridized carbons (Fsp3) is 0.583. The van der Waals surface area contributed by atoms with Crippen molar-refractivity contribution in [2.75, 3.05) is 0 Å². The molecule has 0 aliphatic rings. The molecule has 0 aliphatic carbocycles. The number of phenols is 1. The predicted molar refractivity (Wildman–Crippen MR) is 128 cm³/mol. The maximum absolute atomic E-state index is 13.7. The van der Waals surface area contributed by atoms with Gasteiger partial charge in [0.1, 0.15) is 23.4 Å². The number of phenolic OH excluding ortho intramolecular Hbond substituents is 1. The van der Waals surface area contributed by atoms with Gasteiger partial charge in [0.05, 0.1) is 0 Å². The van der Waals surface area contributed by atoms with Crippen molar-refractivity contribution in [3.8, 4) is 5.75 Å². The van der Waals surface area contributed by atoms with Crippen molar-refractivity contribution in [1.29, 1.82) is 0 Å². The zero-order chi connectivity index (χ0) is 26.2. The van der Waals surface area contributed by atoms with E-state index in [4.69, 9.17) is 10.5 Å². The molecule has 0 spiro atoms. The predicted octanol–water partition coefficient (Wildman–Crippen LogP) is 2.35. The maximum Gasteiger partial charge on any atom is 0.408 e. The molecule has 1 aromatic rings. The summed E-state index contributed by atoms with van der Waals surface area (Å²) in [4.78, 5) is 52.2. The summed E-state index contributed by atoms with van der Waals surface area (Å²) in [5, 5.41) is 15.3. The standard InChI is InChI=1S/C24H38N4O6/c1-14(2)26-21(31)20(16-9-8-10-17(29)13-16)28(15(3)4)22(32)18(11-12-19(25)30)27-23(33)34-24(5,6)7/h8-10,13-15,18,20,29H,11-12H2,1-7H3,(H2,25,30)(H,26,31)(H,27,33). The van der Waals surface area contributed by atoms with E-state index in [-0.39, 0.29) is 24.6 Å². The zero-order valence-electron chi connectivity index (χ0n) is 21.0. The van der Waals surface area contributed by atoms with Crippen molar-refractivity contribution >= 4 is 23.8 Å². The lowest BCUT2D eigenvalue weighted by Crippen LogP contribution is -2.55. The van der Waals surface area contributed by atoms with Gasteiger partial charge in [-0.05, 0) is 72.6 Å². The number of rotatable bonds is 10. The van der Waals surface area contributed by atoms with Crippen molar-refractivity contribution < 1.29 is 29.0 Å². The maximum atomic E-state index is 13.7. The summed E-state index contributed by atoms with van der Waals surface area (Å²) in [6.45, 7) is 12.1. The minimum absolute atomic E-state index is 0.0619. The molecule has 1 aromatic carbocycles. The Hall–Kier alpha value is -3.30. The normalized spacial score (nSPS) is 13.2. The second-order valence-corrected chi connectivity index (χ2v) is 9.70. The number of amides is 4. The summed E-state index contributed by atoms with van der Waals surface area (Å²) >= 11 is 0. The van der Waals surface area contributed by atoms with Crippen molar-refractivity contribution in [2.24, 2.45) is 5.73 Å². The van der Waals surface area contributed by atoms with Crippen LogP contribution in [0.15, 0.2) is 24.3 Å². The van der Waals surface area contributed by atoms with Crippen molar-refractivity contribution in [1.82, 2.24) is 15.5 Å². The highest BCUT2D eigenvalue weighted by molar-refractivity contribution is 5.92. The van der Waals surface area contributed by atoms with Crippen LogP contribution in [0.25, 0.3) is 0 Å². The fourth-order valence-corrected chi connectivity index (χ4v) is 3.35. The fourth-order valence-electron chi connectivity index (χ4n) is 3.35. The van der Waals surface area contributed by atoms with Crippen molar-refractivity contribution in [3.63, 3.8) is 0 Å². The third kappa shape index (κ3) is 9.29. The number of primary amides is 1. The molecule has 5 N–H and O–H groups in total. The molecule has 2 atom stereocenters. The van der Waals surface area contributed by atoms with Gasteiger partial charge < -0.3 is 31.1 Å². The number of carbonyl (C=O) groups excluding carboxylic acids is 4. The third-order valence-electron chi connectivity index (χ3n) is 4.62. The Balaban J connectivity index is 3.45. The molecular weight excluding hydrogens is 440 g/mol. The Bertz CT molecular complexity index is 878. The quantitative estimate of drug-likeness (QED) is 0.405. The molecule has 0 aliphatic heterocycles. The smallest absolute Gasteiger partial charge is 0.408 e. The highest BCUT2D eigenvalue weighted by Crippen LogP contribution is 2.28. The zero-order valence-corrected chi connectivity index (χ0v) is 21.0. The van der Waals surface area contributed by atoms with Gasteiger partial charge in [-0.2, -0.15) is 0 Å². The molecular formula is C24H38N4O6. The second kappa shape index (κ2) is 12.2. The lowest BCUT2D eigenvalue weighted by atomic mass is 9.99. The van der Waals surface area contributed by atoms with Crippen LogP contribution < -0.4 is 16.4 Å². The van der Waals surface area contributed by atoms with E-state index in [2.05, 4.69) is 10.6 Å². The average Bonchev–Trinajstić information content (AvgIpc) is 2.66. The monoisotopic (exact) mass is 478 g/mol. The highest BCUT2D eigenvalue weighted by atomic mass is 16.6. The molecule has 10 heteroatoms. The number of carbonyl (C=O) groups is 4. The molecule has 0 heterocycles. The van der Waals surface area contributed by atoms with Gasteiger partial charge in [0.15, 0.2) is 0 Å². The Kier molecular flexibility index (Phi) is 10.3. The van der Waals surface area contributed by atoms with Crippen LogP contribution in [-0.2, 0) is 19.1 Å². The lowest BCUT2D eigenvalue weighted by Gasteiger charge is -2.37. The molecule has 0 radical (unpaired) electrons. The number of nitrogens with zero attached hydrogens (tertiary/aromatic N) is 1. The van der Waals surface area contributed by atoms with E-state index in [0.717, 1.165) is 0 Å². The molecule has 0 fully saturated rings. The van der Waals surface area contributed by atoms with Gasteiger partial charge in [0, 0.05) is 18.5 Å². The Morgan fingerprint density at radius 3 is 2.18 bits per heavy atom. The van der Waals surface area contributed by atoms with Crippen LogP contribution in [0.3, 0.4) is 0 Å². The lowest BCUT2D eigenvalue weighted by molar-refractivity contribution is -0.145. The van der Waals surface area contributed by atoms with Crippen LogP contribution in [-0.4, -0.2) is 57.5 Å². The van der Waals surface area contributed by atoms with Crippen LogP contribution in [0, 0.1) is 0 Å². The van der Waals surface area contributed by atoms with Crippen LogP contribution >= 0.6 is 0 Å². The molecule has 190 valence electrons. The number of nitrogens with two attached hydrogens (primary N) is 1. The Morgan fingerprint density at radius 2 is 1.71 bits per heavy atom. The summed E-state index contributed by atoms with van der Waals surface area (Å²) in [5.41, 5.74) is 4.87. The Labute approximate surface area is 201 Å². The van der Waals surface area contributed by atoms with Gasteiger partial charge in [-0.1, -0.05) is 12.1 Å². The molecule has 0 bridgehead atoms. The number of aromatic hydroxyl groups is 1. The highest BCUT2D eigenvalue weighted by Gasteiger charge is 2.38. The van der Waals surface area contributed by atoms with E-state index in [1.165, 1.54) is 17.0 Å². The molecule has 4 amide bonds. The first-order chi connectivity index (χ1) is 15.6. The van der Waals surface area contributed by atoms with E-state index in [1.807, 2.05) is 0 Å². The number of alkyl carbamates (subject to hydrolysis) is 1. The summed E-state index contributed by atoms with van der Waals surface area (Å²) in [5.74, 6) is -1.74. The molecule has 1 rings (SSSR count). The SMILES string of the molecule is CC(C)NC(=O)C(c1cccc(O)c1)N(C(=O)C(CCC(N)=O)NC(=O)OC(C)(C)C)C(C)C. The first-order valence-corrected chi connectivity index (χ1v) is 11.3. The summed E-state index contributed by atoms with van der Waals surface area (Å²) in [6, 6.07) is 3.13. The minimum Gasteiger partial charge on any atom is -0.508 e. The van der Waals surface area contributed by atoms with E-state index in [9.17, 15) is 24.3 Å². The summed E-state index contributed by atoms with van der Waals surface area (Å²) in [6.07, 6.45) is -1.07. The van der Waals surface area contributed by atoms with Gasteiger partial charge in [0.25, 0.3) is 0 Å². The number of nitrogens with one attached hydrogen (secondary N) is 2. The molecule has 0 saturated heterocycles. The van der Waals surface area contributed by atoms with Crippen LogP contribution in [0.5, 0.6) is 5.75 Å². The van der Waals surface area contributed by atoms with Crippen molar-refractivity contribution in [3.05, 3.63) is 29.8 Å². The van der Waals surface area contributed by atoms with Gasteiger partial charge >= 0.3 is 6.09 Å². The van der Waals surface area contributed by atoms with Crippen molar-refractivity contribution in [2.45, 2.75) is 91.1 Å². The number of benzene rings is 1. The van der Waals surface area contributed by atoms with Gasteiger partial charge in [0.2, 0.25) is 17.7 Å². The minimum atomic E-state index is -1.17. The first kappa shape index (κ1) is 28.7. The summed E-state index contributed by atoms with van der Waals surface area (Å²) in [7, 11) is 0. The van der Waals surface area contributed by atoms with Crippen LogP contribution in [0.1, 0.15) is 72.9 Å². The third-order valence-corrected chi connectivity index (χ3v) is 4.62. The van der Waals surface area contributed by atoms with E-state index < -0.39 is 47.5 Å². The van der Waals surface area contributed by atoms with Gasteiger partial charge in [-0.15, -0.1) is 0 Å².